The van der Waals surface area contributed by atoms with Crippen LogP contribution in [-0.2, 0) is 9.53 Å². The van der Waals surface area contributed by atoms with Crippen molar-refractivity contribution in [3.05, 3.63) is 51.9 Å². The second-order valence-corrected chi connectivity index (χ2v) is 9.29. The van der Waals surface area contributed by atoms with Gasteiger partial charge in [-0.25, -0.2) is 9.78 Å². The van der Waals surface area contributed by atoms with E-state index >= 15 is 0 Å². The molecule has 1 fully saturated rings. The lowest BCUT2D eigenvalue weighted by Gasteiger charge is -2.24. The zero-order valence-corrected chi connectivity index (χ0v) is 18.6. The van der Waals surface area contributed by atoms with Crippen molar-refractivity contribution in [3.63, 3.8) is 0 Å². The summed E-state index contributed by atoms with van der Waals surface area (Å²) in [5.41, 5.74) is 2.91. The molecule has 4 rings (SSSR count). The lowest BCUT2D eigenvalue weighted by atomic mass is 9.98. The monoisotopic (exact) mass is 424 g/mol. The number of rotatable bonds is 5. The van der Waals surface area contributed by atoms with E-state index in [1.165, 1.54) is 34.2 Å². The molecular weight excluding hydrogens is 396 g/mol. The number of hydrogen-bond acceptors (Lipinski definition) is 5. The number of aromatic nitrogens is 2. The Balaban J connectivity index is 1.65. The van der Waals surface area contributed by atoms with Gasteiger partial charge in [0.1, 0.15) is 17.0 Å². The van der Waals surface area contributed by atoms with Crippen LogP contribution in [-0.4, -0.2) is 21.6 Å². The van der Waals surface area contributed by atoms with Crippen LogP contribution in [0.3, 0.4) is 0 Å². The molecule has 1 aliphatic rings. The van der Waals surface area contributed by atoms with Crippen molar-refractivity contribution in [2.45, 2.75) is 70.9 Å². The van der Waals surface area contributed by atoms with Gasteiger partial charge < -0.3 is 4.74 Å². The predicted octanol–water partition coefficient (Wildman–Crippen LogP) is 5.69. The van der Waals surface area contributed by atoms with Crippen LogP contribution in [0.15, 0.2) is 40.8 Å². The third-order valence-electron chi connectivity index (χ3n) is 6.00. The number of nitrogens with zero attached hydrogens (tertiary/aromatic N) is 2. The Hall–Kier alpha value is -2.47. The normalized spacial score (nSPS) is 16.1. The zero-order chi connectivity index (χ0) is 21.3. The van der Waals surface area contributed by atoms with Crippen molar-refractivity contribution >= 4 is 27.5 Å². The number of esters is 1. The first-order valence-corrected chi connectivity index (χ1v) is 11.6. The average Bonchev–Trinajstić information content (AvgIpc) is 3.19. The molecule has 0 spiro atoms. The van der Waals surface area contributed by atoms with E-state index in [2.05, 4.69) is 31.0 Å². The third kappa shape index (κ3) is 4.06. The molecule has 0 N–H and O–H groups in total. The van der Waals surface area contributed by atoms with Gasteiger partial charge in [-0.3, -0.25) is 9.36 Å². The maximum atomic E-state index is 13.3. The Morgan fingerprint density at radius 2 is 1.83 bits per heavy atom. The van der Waals surface area contributed by atoms with Crippen LogP contribution in [0, 0.1) is 0 Å². The highest BCUT2D eigenvalue weighted by Crippen LogP contribution is 2.32. The largest absolute Gasteiger partial charge is 0.461 e. The van der Waals surface area contributed by atoms with Gasteiger partial charge in [-0.15, -0.1) is 11.3 Å². The number of fused-ring (bicyclic) bond motifs is 1. The van der Waals surface area contributed by atoms with Gasteiger partial charge in [-0.05, 0) is 49.7 Å². The van der Waals surface area contributed by atoms with Crippen LogP contribution in [0.5, 0.6) is 0 Å². The predicted molar refractivity (Wildman–Crippen MR) is 121 cm³/mol. The second-order valence-electron chi connectivity index (χ2n) is 8.44. The lowest BCUT2D eigenvalue weighted by Crippen LogP contribution is -2.32. The molecule has 0 radical (unpaired) electrons. The van der Waals surface area contributed by atoms with E-state index in [0.29, 0.717) is 16.1 Å². The van der Waals surface area contributed by atoms with Gasteiger partial charge in [0, 0.05) is 10.9 Å². The van der Waals surface area contributed by atoms with Crippen LogP contribution in [0.25, 0.3) is 21.3 Å². The Morgan fingerprint density at radius 1 is 1.13 bits per heavy atom. The highest BCUT2D eigenvalue weighted by molar-refractivity contribution is 7.17. The molecular formula is C24H28N2O3S. The molecule has 2 heterocycles. The second kappa shape index (κ2) is 8.72. The van der Waals surface area contributed by atoms with Crippen molar-refractivity contribution in [1.29, 1.82) is 0 Å². The van der Waals surface area contributed by atoms with Crippen LogP contribution in [0.4, 0.5) is 0 Å². The van der Waals surface area contributed by atoms with Crippen molar-refractivity contribution < 1.29 is 9.53 Å². The van der Waals surface area contributed by atoms with Crippen molar-refractivity contribution in [2.24, 2.45) is 0 Å². The summed E-state index contributed by atoms with van der Waals surface area (Å²) >= 11 is 1.45. The molecule has 0 amide bonds. The smallest absolute Gasteiger partial charge is 0.329 e. The highest BCUT2D eigenvalue weighted by atomic mass is 32.1. The van der Waals surface area contributed by atoms with Crippen molar-refractivity contribution in [1.82, 2.24) is 9.55 Å². The van der Waals surface area contributed by atoms with Crippen LogP contribution < -0.4 is 5.56 Å². The van der Waals surface area contributed by atoms with Crippen molar-refractivity contribution in [2.75, 3.05) is 0 Å². The highest BCUT2D eigenvalue weighted by Gasteiger charge is 2.25. The standard InChI is InChI=1S/C24H28N2O3S/c1-15(2)17-9-11-18(12-10-17)20-13-30-22-21(20)23(27)26(14-25-22)16(3)24(28)29-19-7-5-4-6-8-19/h9-16,19H,4-8H2,1-3H3. The Kier molecular flexibility index (Phi) is 6.04. The number of thiophene rings is 1. The minimum atomic E-state index is -0.701. The molecule has 158 valence electrons. The fourth-order valence-corrected chi connectivity index (χ4v) is 4.95. The molecule has 0 aliphatic heterocycles. The van der Waals surface area contributed by atoms with E-state index in [4.69, 9.17) is 4.74 Å². The summed E-state index contributed by atoms with van der Waals surface area (Å²) in [6, 6.07) is 7.60. The van der Waals surface area contributed by atoms with Crippen LogP contribution >= 0.6 is 11.3 Å². The van der Waals surface area contributed by atoms with E-state index in [-0.39, 0.29) is 17.6 Å². The first-order chi connectivity index (χ1) is 14.5. The summed E-state index contributed by atoms with van der Waals surface area (Å²) in [7, 11) is 0. The summed E-state index contributed by atoms with van der Waals surface area (Å²) in [6.07, 6.45) is 6.64. The van der Waals surface area contributed by atoms with Crippen LogP contribution in [0.1, 0.15) is 70.4 Å². The van der Waals surface area contributed by atoms with E-state index in [0.717, 1.165) is 36.8 Å². The van der Waals surface area contributed by atoms with Gasteiger partial charge >= 0.3 is 5.97 Å². The molecule has 1 unspecified atom stereocenters. The molecule has 1 saturated carbocycles. The van der Waals surface area contributed by atoms with Crippen molar-refractivity contribution in [3.8, 4) is 11.1 Å². The maximum absolute atomic E-state index is 13.3. The first kappa shape index (κ1) is 20.8. The van der Waals surface area contributed by atoms with Gasteiger partial charge in [-0.1, -0.05) is 44.5 Å². The minimum Gasteiger partial charge on any atom is -0.461 e. The van der Waals surface area contributed by atoms with E-state index in [1.54, 1.807) is 6.92 Å². The SMILES string of the molecule is CC(C)c1ccc(-c2csc3ncn(C(C)C(=O)OC4CCCCC4)c(=O)c23)cc1. The molecule has 1 aliphatic carbocycles. The lowest BCUT2D eigenvalue weighted by molar-refractivity contribution is -0.154. The zero-order valence-electron chi connectivity index (χ0n) is 17.8. The summed E-state index contributed by atoms with van der Waals surface area (Å²) < 4.78 is 7.09. The third-order valence-corrected chi connectivity index (χ3v) is 6.89. The number of carbonyl (C=O) groups excluding carboxylic acids is 1. The summed E-state index contributed by atoms with van der Waals surface area (Å²) in [5, 5.41) is 2.54. The van der Waals surface area contributed by atoms with Gasteiger partial charge in [0.05, 0.1) is 11.7 Å². The molecule has 30 heavy (non-hydrogen) atoms. The summed E-state index contributed by atoms with van der Waals surface area (Å²) in [6.45, 7) is 6.03. The molecule has 6 heteroatoms. The Bertz CT molecular complexity index is 1090. The number of benzene rings is 1. The quantitative estimate of drug-likeness (QED) is 0.494. The fourth-order valence-electron chi connectivity index (χ4n) is 4.04. The maximum Gasteiger partial charge on any atom is 0.329 e. The van der Waals surface area contributed by atoms with Gasteiger partial charge in [0.2, 0.25) is 0 Å². The molecule has 2 aromatic heterocycles. The summed E-state index contributed by atoms with van der Waals surface area (Å²) in [4.78, 5) is 31.2. The fraction of sp³-hybridized carbons (Fsp3) is 0.458. The Morgan fingerprint density at radius 3 is 2.50 bits per heavy atom. The van der Waals surface area contributed by atoms with Crippen LogP contribution in [0.2, 0.25) is 0 Å². The Labute approximate surface area is 180 Å². The van der Waals surface area contributed by atoms with E-state index in [1.807, 2.05) is 17.5 Å². The van der Waals surface area contributed by atoms with E-state index in [9.17, 15) is 9.59 Å². The first-order valence-electron chi connectivity index (χ1n) is 10.7. The molecule has 0 saturated heterocycles. The number of ether oxygens (including phenoxy) is 1. The molecule has 1 aromatic carbocycles. The van der Waals surface area contributed by atoms with Gasteiger partial charge in [0.15, 0.2) is 0 Å². The molecule has 5 nitrogen and oxygen atoms in total. The molecule has 0 bridgehead atoms. The van der Waals surface area contributed by atoms with Gasteiger partial charge in [0.25, 0.3) is 5.56 Å². The molecule has 1 atom stereocenters. The number of hydrogen-bond donors (Lipinski definition) is 0. The minimum absolute atomic E-state index is 0.0303. The molecule has 3 aromatic rings. The van der Waals surface area contributed by atoms with Gasteiger partial charge in [-0.2, -0.15) is 0 Å². The average molecular weight is 425 g/mol. The summed E-state index contributed by atoms with van der Waals surface area (Å²) in [5.74, 6) is 0.0939. The number of carbonyl (C=O) groups is 1. The topological polar surface area (TPSA) is 61.2 Å². The van der Waals surface area contributed by atoms with E-state index < -0.39 is 6.04 Å².